The lowest BCUT2D eigenvalue weighted by Gasteiger charge is -2.36. The molecule has 0 saturated carbocycles. The van der Waals surface area contributed by atoms with Gasteiger partial charge in [0, 0.05) is 16.7 Å². The zero-order valence-corrected chi connectivity index (χ0v) is 13.8. The van der Waals surface area contributed by atoms with E-state index in [2.05, 4.69) is 44.4 Å². The van der Waals surface area contributed by atoms with Crippen LogP contribution in [0.25, 0.3) is 10.9 Å². The van der Waals surface area contributed by atoms with Crippen molar-refractivity contribution in [1.29, 1.82) is 0 Å². The number of carbonyl (C=O) groups is 1. The van der Waals surface area contributed by atoms with E-state index in [0.29, 0.717) is 12.5 Å². The monoisotopic (exact) mass is 397 g/mol. The molecule has 21 heavy (non-hydrogen) atoms. The van der Waals surface area contributed by atoms with E-state index >= 15 is 0 Å². The molecule has 1 aromatic carbocycles. The Balaban J connectivity index is 2.05. The lowest BCUT2D eigenvalue weighted by molar-refractivity contribution is -0.142. The molecular weight excluding hydrogens is 381 g/mol. The summed E-state index contributed by atoms with van der Waals surface area (Å²) >= 11 is 2.28. The van der Waals surface area contributed by atoms with Crippen LogP contribution in [-0.4, -0.2) is 34.1 Å². The first-order valence-electron chi connectivity index (χ1n) is 6.93. The minimum absolute atomic E-state index is 0.333. The predicted octanol–water partition coefficient (Wildman–Crippen LogP) is 2.78. The fourth-order valence-corrected chi connectivity index (χ4v) is 3.72. The van der Waals surface area contributed by atoms with Gasteiger partial charge in [-0.2, -0.15) is 0 Å². The highest BCUT2D eigenvalue weighted by molar-refractivity contribution is 14.1. The Labute approximate surface area is 136 Å². The number of fused-ring (bicyclic) bond motifs is 1. The van der Waals surface area contributed by atoms with Crippen molar-refractivity contribution in [2.45, 2.75) is 13.3 Å². The molecule has 1 saturated heterocycles. The molecule has 0 spiro atoms. The minimum atomic E-state index is -0.723. The second kappa shape index (κ2) is 5.75. The number of benzene rings is 1. The second-order valence-electron chi connectivity index (χ2n) is 5.61. The van der Waals surface area contributed by atoms with Crippen molar-refractivity contribution in [3.63, 3.8) is 0 Å². The van der Waals surface area contributed by atoms with E-state index in [-0.39, 0.29) is 5.92 Å². The molecule has 1 aromatic heterocycles. The summed E-state index contributed by atoms with van der Waals surface area (Å²) in [6.45, 7) is 3.44. The van der Waals surface area contributed by atoms with Crippen LogP contribution in [0.1, 0.15) is 13.3 Å². The van der Waals surface area contributed by atoms with E-state index in [1.165, 1.54) is 0 Å². The van der Waals surface area contributed by atoms with Gasteiger partial charge >= 0.3 is 5.97 Å². The number of hydrogen-bond donors (Lipinski definition) is 1. The number of carboxylic acid groups (broad SMARTS) is 1. The summed E-state index contributed by atoms with van der Waals surface area (Å²) in [6.07, 6.45) is 2.29. The summed E-state index contributed by atoms with van der Waals surface area (Å²) in [4.78, 5) is 22.2. The standard InChI is InChI=1S/C15H16IN3O2/c1-9-5-10(15(20)21)7-19(6-9)14-13-11(16)3-2-4-12(13)17-8-18-14/h2-4,8-10H,5-7H2,1H3,(H,20,21). The van der Waals surface area contributed by atoms with E-state index in [4.69, 9.17) is 0 Å². The van der Waals surface area contributed by atoms with Gasteiger partial charge in [-0.05, 0) is 47.1 Å². The molecule has 2 aromatic rings. The molecule has 2 heterocycles. The van der Waals surface area contributed by atoms with Crippen molar-refractivity contribution in [1.82, 2.24) is 9.97 Å². The first kappa shape index (κ1) is 14.5. The van der Waals surface area contributed by atoms with Gasteiger partial charge < -0.3 is 10.0 Å². The highest BCUT2D eigenvalue weighted by Gasteiger charge is 2.31. The van der Waals surface area contributed by atoms with E-state index in [1.54, 1.807) is 6.33 Å². The summed E-state index contributed by atoms with van der Waals surface area (Å²) < 4.78 is 1.09. The molecule has 6 heteroatoms. The summed E-state index contributed by atoms with van der Waals surface area (Å²) in [7, 11) is 0. The number of halogens is 1. The van der Waals surface area contributed by atoms with Gasteiger partial charge in [-0.25, -0.2) is 9.97 Å². The average Bonchev–Trinajstić information content (AvgIpc) is 2.46. The highest BCUT2D eigenvalue weighted by Crippen LogP contribution is 2.32. The number of nitrogens with zero attached hydrogens (tertiary/aromatic N) is 3. The first-order chi connectivity index (χ1) is 10.1. The molecule has 3 rings (SSSR count). The van der Waals surface area contributed by atoms with Crippen LogP contribution in [0, 0.1) is 15.4 Å². The average molecular weight is 397 g/mol. The fraction of sp³-hybridized carbons (Fsp3) is 0.400. The Bertz CT molecular complexity index is 686. The Hall–Kier alpha value is -1.44. The summed E-state index contributed by atoms with van der Waals surface area (Å²) in [5.74, 6) is 0.133. The predicted molar refractivity (Wildman–Crippen MR) is 89.4 cm³/mol. The van der Waals surface area contributed by atoms with E-state index in [9.17, 15) is 9.90 Å². The summed E-state index contributed by atoms with van der Waals surface area (Å²) in [5, 5.41) is 10.3. The van der Waals surface area contributed by atoms with Crippen LogP contribution < -0.4 is 4.90 Å². The third-order valence-corrected chi connectivity index (χ3v) is 4.80. The summed E-state index contributed by atoms with van der Waals surface area (Å²) in [5.41, 5.74) is 0.900. The Morgan fingerprint density at radius 1 is 1.38 bits per heavy atom. The second-order valence-corrected chi connectivity index (χ2v) is 6.77. The van der Waals surface area contributed by atoms with Crippen molar-refractivity contribution >= 4 is 45.3 Å². The van der Waals surface area contributed by atoms with Gasteiger partial charge in [-0.15, -0.1) is 0 Å². The number of piperidine rings is 1. The van der Waals surface area contributed by atoms with Crippen molar-refractivity contribution in [2.75, 3.05) is 18.0 Å². The van der Waals surface area contributed by atoms with Crippen LogP contribution in [-0.2, 0) is 4.79 Å². The van der Waals surface area contributed by atoms with Gasteiger partial charge in [0.2, 0.25) is 0 Å². The minimum Gasteiger partial charge on any atom is -0.481 e. The number of hydrogen-bond acceptors (Lipinski definition) is 4. The van der Waals surface area contributed by atoms with Crippen molar-refractivity contribution in [2.24, 2.45) is 11.8 Å². The number of aliphatic carboxylic acids is 1. The lowest BCUT2D eigenvalue weighted by atomic mass is 9.90. The van der Waals surface area contributed by atoms with E-state index < -0.39 is 5.97 Å². The SMILES string of the molecule is CC1CC(C(=O)O)CN(c2ncnc3cccc(I)c23)C1. The smallest absolute Gasteiger partial charge is 0.308 e. The molecule has 5 nitrogen and oxygen atoms in total. The van der Waals surface area contributed by atoms with Crippen LogP contribution in [0.2, 0.25) is 0 Å². The zero-order chi connectivity index (χ0) is 15.0. The van der Waals surface area contributed by atoms with Crippen LogP contribution in [0.3, 0.4) is 0 Å². The molecule has 2 unspecified atom stereocenters. The Morgan fingerprint density at radius 2 is 2.19 bits per heavy atom. The van der Waals surface area contributed by atoms with Crippen molar-refractivity contribution < 1.29 is 9.90 Å². The normalized spacial score (nSPS) is 22.5. The van der Waals surface area contributed by atoms with E-state index in [1.807, 2.05) is 18.2 Å². The zero-order valence-electron chi connectivity index (χ0n) is 11.7. The number of rotatable bonds is 2. The first-order valence-corrected chi connectivity index (χ1v) is 8.01. The van der Waals surface area contributed by atoms with Gasteiger partial charge in [-0.3, -0.25) is 4.79 Å². The molecule has 2 atom stereocenters. The Kier molecular flexibility index (Phi) is 3.97. The van der Waals surface area contributed by atoms with Crippen molar-refractivity contribution in [3.05, 3.63) is 28.1 Å². The number of anilines is 1. The third kappa shape index (κ3) is 2.81. The van der Waals surface area contributed by atoms with Crippen LogP contribution in [0.15, 0.2) is 24.5 Å². The molecule has 1 aliphatic heterocycles. The lowest BCUT2D eigenvalue weighted by Crippen LogP contribution is -2.43. The highest BCUT2D eigenvalue weighted by atomic mass is 127. The molecule has 0 radical (unpaired) electrons. The van der Waals surface area contributed by atoms with E-state index in [0.717, 1.165) is 33.3 Å². The van der Waals surface area contributed by atoms with Gasteiger partial charge in [0.1, 0.15) is 12.1 Å². The van der Waals surface area contributed by atoms with Crippen LogP contribution in [0.4, 0.5) is 5.82 Å². The van der Waals surface area contributed by atoms with Crippen LogP contribution in [0.5, 0.6) is 0 Å². The molecule has 1 aliphatic rings. The van der Waals surface area contributed by atoms with Gasteiger partial charge in [0.25, 0.3) is 0 Å². The van der Waals surface area contributed by atoms with Crippen molar-refractivity contribution in [3.8, 4) is 0 Å². The molecular formula is C15H16IN3O2. The number of carboxylic acids is 1. The molecule has 1 N–H and O–H groups in total. The summed E-state index contributed by atoms with van der Waals surface area (Å²) in [6, 6.07) is 5.96. The van der Waals surface area contributed by atoms with Gasteiger partial charge in [0.15, 0.2) is 0 Å². The molecule has 0 amide bonds. The fourth-order valence-electron chi connectivity index (χ4n) is 3.00. The maximum absolute atomic E-state index is 11.3. The Morgan fingerprint density at radius 3 is 2.95 bits per heavy atom. The number of aromatic nitrogens is 2. The molecule has 1 fully saturated rings. The van der Waals surface area contributed by atoms with Gasteiger partial charge in [0.05, 0.1) is 16.8 Å². The maximum atomic E-state index is 11.3. The largest absolute Gasteiger partial charge is 0.481 e. The maximum Gasteiger partial charge on any atom is 0.308 e. The topological polar surface area (TPSA) is 66.3 Å². The molecule has 0 bridgehead atoms. The quantitative estimate of drug-likeness (QED) is 0.790. The van der Waals surface area contributed by atoms with Gasteiger partial charge in [-0.1, -0.05) is 13.0 Å². The molecule has 0 aliphatic carbocycles. The molecule has 110 valence electrons. The third-order valence-electron chi connectivity index (χ3n) is 3.90. The van der Waals surface area contributed by atoms with Crippen LogP contribution >= 0.6 is 22.6 Å².